The summed E-state index contributed by atoms with van der Waals surface area (Å²) >= 11 is 0. The van der Waals surface area contributed by atoms with Gasteiger partial charge in [-0.25, -0.2) is 0 Å². The largest absolute Gasteiger partial charge is 0.503 e. The van der Waals surface area contributed by atoms with Crippen molar-refractivity contribution >= 4 is 0 Å². The molecule has 0 saturated carbocycles. The van der Waals surface area contributed by atoms with Gasteiger partial charge in [-0.3, -0.25) is 4.79 Å². The molecular weight excluding hydrogens is 214 g/mol. The number of nitrogens with zero attached hydrogens (tertiary/aromatic N) is 1. The van der Waals surface area contributed by atoms with E-state index in [1.54, 1.807) is 13.1 Å². The van der Waals surface area contributed by atoms with Crippen LogP contribution in [0.4, 0.5) is 0 Å². The summed E-state index contributed by atoms with van der Waals surface area (Å²) in [4.78, 5) is 11.2. The molecule has 17 heavy (non-hydrogen) atoms. The maximum absolute atomic E-state index is 11.2. The van der Waals surface area contributed by atoms with Crippen molar-refractivity contribution in [1.29, 1.82) is 0 Å². The molecule has 1 heterocycles. The first-order valence-corrected chi connectivity index (χ1v) is 5.61. The van der Waals surface area contributed by atoms with Crippen molar-refractivity contribution in [2.45, 2.75) is 19.9 Å². The first-order valence-electron chi connectivity index (χ1n) is 5.61. The van der Waals surface area contributed by atoms with Gasteiger partial charge < -0.3 is 9.67 Å². The van der Waals surface area contributed by atoms with Crippen LogP contribution in [0.15, 0.2) is 47.4 Å². The van der Waals surface area contributed by atoms with Crippen molar-refractivity contribution in [3.8, 4) is 5.75 Å². The molecule has 0 aliphatic rings. The van der Waals surface area contributed by atoms with E-state index in [-0.39, 0.29) is 11.2 Å². The molecule has 2 aromatic rings. The van der Waals surface area contributed by atoms with E-state index >= 15 is 0 Å². The highest BCUT2D eigenvalue weighted by atomic mass is 16.3. The highest BCUT2D eigenvalue weighted by molar-refractivity contribution is 5.25. The fraction of sp³-hybridized carbons (Fsp3) is 0.214. The van der Waals surface area contributed by atoms with Gasteiger partial charge in [-0.15, -0.1) is 0 Å². The van der Waals surface area contributed by atoms with Gasteiger partial charge in [0.1, 0.15) is 0 Å². The molecule has 0 spiro atoms. The third-order valence-corrected chi connectivity index (χ3v) is 2.90. The van der Waals surface area contributed by atoms with Gasteiger partial charge in [0.15, 0.2) is 5.75 Å². The third kappa shape index (κ3) is 2.56. The Morgan fingerprint density at radius 2 is 1.88 bits per heavy atom. The van der Waals surface area contributed by atoms with E-state index in [1.807, 2.05) is 22.8 Å². The Hall–Kier alpha value is -2.03. The van der Waals surface area contributed by atoms with Gasteiger partial charge in [-0.2, -0.15) is 0 Å². The van der Waals surface area contributed by atoms with E-state index in [4.69, 9.17) is 0 Å². The fourth-order valence-electron chi connectivity index (χ4n) is 1.80. The molecule has 0 atom stereocenters. The molecule has 0 amide bonds. The highest BCUT2D eigenvalue weighted by Gasteiger charge is 2.04. The van der Waals surface area contributed by atoms with E-state index < -0.39 is 0 Å². The molecule has 3 nitrogen and oxygen atoms in total. The van der Waals surface area contributed by atoms with Gasteiger partial charge in [0.2, 0.25) is 5.43 Å². The zero-order valence-corrected chi connectivity index (χ0v) is 9.76. The third-order valence-electron chi connectivity index (χ3n) is 2.90. The summed E-state index contributed by atoms with van der Waals surface area (Å²) in [5.74, 6) is -0.152. The van der Waals surface area contributed by atoms with Crippen LogP contribution in [0.5, 0.6) is 5.75 Å². The Morgan fingerprint density at radius 3 is 2.59 bits per heavy atom. The van der Waals surface area contributed by atoms with Crippen molar-refractivity contribution < 1.29 is 5.11 Å². The second-order valence-electron chi connectivity index (χ2n) is 4.04. The van der Waals surface area contributed by atoms with Crippen LogP contribution in [-0.2, 0) is 13.0 Å². The zero-order chi connectivity index (χ0) is 12.3. The first kappa shape index (κ1) is 11.5. The number of hydrogen-bond donors (Lipinski definition) is 1. The summed E-state index contributed by atoms with van der Waals surface area (Å²) in [6.07, 6.45) is 2.60. The predicted molar refractivity (Wildman–Crippen MR) is 67.2 cm³/mol. The van der Waals surface area contributed by atoms with E-state index in [2.05, 4.69) is 12.1 Å². The molecule has 0 radical (unpaired) electrons. The van der Waals surface area contributed by atoms with E-state index in [0.29, 0.717) is 5.69 Å². The van der Waals surface area contributed by atoms with Crippen molar-refractivity contribution in [2.75, 3.05) is 0 Å². The summed E-state index contributed by atoms with van der Waals surface area (Å²) in [5.41, 5.74) is 1.54. The molecule has 1 aromatic carbocycles. The summed E-state index contributed by atoms with van der Waals surface area (Å²) in [7, 11) is 0. The Kier molecular flexibility index (Phi) is 3.28. The minimum absolute atomic E-state index is 0.152. The lowest BCUT2D eigenvalue weighted by Crippen LogP contribution is -2.11. The molecule has 88 valence electrons. The monoisotopic (exact) mass is 229 g/mol. The molecule has 0 bridgehead atoms. The second kappa shape index (κ2) is 4.87. The van der Waals surface area contributed by atoms with E-state index in [1.165, 1.54) is 11.6 Å². The van der Waals surface area contributed by atoms with Crippen LogP contribution in [0, 0.1) is 6.92 Å². The number of benzene rings is 1. The van der Waals surface area contributed by atoms with Gasteiger partial charge in [0, 0.05) is 18.8 Å². The molecule has 2 rings (SSSR count). The van der Waals surface area contributed by atoms with Gasteiger partial charge >= 0.3 is 0 Å². The van der Waals surface area contributed by atoms with E-state index in [9.17, 15) is 9.90 Å². The number of aryl methyl sites for hydroxylation is 2. The summed E-state index contributed by atoms with van der Waals surface area (Å²) in [6, 6.07) is 11.5. The lowest BCUT2D eigenvalue weighted by molar-refractivity contribution is 0.453. The molecular formula is C14H15NO2. The summed E-state index contributed by atoms with van der Waals surface area (Å²) in [6.45, 7) is 2.51. The average Bonchev–Trinajstić information content (AvgIpc) is 2.36. The SMILES string of the molecule is Cc1c(O)c(=O)ccn1CCc1ccccc1. The lowest BCUT2D eigenvalue weighted by Gasteiger charge is -2.11. The smallest absolute Gasteiger partial charge is 0.223 e. The van der Waals surface area contributed by atoms with Gasteiger partial charge in [0.25, 0.3) is 0 Å². The van der Waals surface area contributed by atoms with Crippen molar-refractivity contribution in [2.24, 2.45) is 0 Å². The Morgan fingerprint density at radius 1 is 1.18 bits per heavy atom. The lowest BCUT2D eigenvalue weighted by atomic mass is 10.1. The first-order chi connectivity index (χ1) is 8.18. The van der Waals surface area contributed by atoms with Crippen LogP contribution in [0.3, 0.4) is 0 Å². The Labute approximate surface area is 100.0 Å². The van der Waals surface area contributed by atoms with Crippen LogP contribution in [-0.4, -0.2) is 9.67 Å². The summed E-state index contributed by atoms with van der Waals surface area (Å²) < 4.78 is 1.89. The number of rotatable bonds is 3. The highest BCUT2D eigenvalue weighted by Crippen LogP contribution is 2.10. The molecule has 3 heteroatoms. The molecule has 1 N–H and O–H groups in total. The molecule has 0 unspecified atom stereocenters. The van der Waals surface area contributed by atoms with Crippen molar-refractivity contribution in [1.82, 2.24) is 4.57 Å². The van der Waals surface area contributed by atoms with Crippen LogP contribution in [0.25, 0.3) is 0 Å². The topological polar surface area (TPSA) is 42.2 Å². The Balaban J connectivity index is 2.15. The minimum atomic E-state index is -0.321. The normalized spacial score (nSPS) is 10.4. The van der Waals surface area contributed by atoms with Crippen molar-refractivity contribution in [3.63, 3.8) is 0 Å². The standard InChI is InChI=1S/C14H15NO2/c1-11-14(17)13(16)8-10-15(11)9-7-12-5-3-2-4-6-12/h2-6,8,10,17H,7,9H2,1H3. The van der Waals surface area contributed by atoms with Crippen LogP contribution >= 0.6 is 0 Å². The number of aromatic hydroxyl groups is 1. The van der Waals surface area contributed by atoms with Crippen LogP contribution in [0.1, 0.15) is 11.3 Å². The van der Waals surface area contributed by atoms with Gasteiger partial charge in [-0.1, -0.05) is 30.3 Å². The molecule has 1 aromatic heterocycles. The zero-order valence-electron chi connectivity index (χ0n) is 9.76. The quantitative estimate of drug-likeness (QED) is 0.875. The number of aromatic nitrogens is 1. The van der Waals surface area contributed by atoms with Crippen LogP contribution < -0.4 is 5.43 Å². The number of pyridine rings is 1. The molecule has 0 saturated heterocycles. The molecule has 0 aliphatic heterocycles. The summed E-state index contributed by atoms with van der Waals surface area (Å²) in [5, 5.41) is 9.55. The second-order valence-corrected chi connectivity index (χ2v) is 4.04. The van der Waals surface area contributed by atoms with E-state index in [0.717, 1.165) is 13.0 Å². The van der Waals surface area contributed by atoms with Crippen molar-refractivity contribution in [3.05, 3.63) is 64.1 Å². The average molecular weight is 229 g/mol. The molecule has 0 aliphatic carbocycles. The van der Waals surface area contributed by atoms with Gasteiger partial charge in [-0.05, 0) is 18.9 Å². The number of hydrogen-bond acceptors (Lipinski definition) is 2. The fourth-order valence-corrected chi connectivity index (χ4v) is 1.80. The maximum Gasteiger partial charge on any atom is 0.223 e. The minimum Gasteiger partial charge on any atom is -0.503 e. The molecule has 0 fully saturated rings. The van der Waals surface area contributed by atoms with Crippen LogP contribution in [0.2, 0.25) is 0 Å². The Bertz CT molecular complexity index is 558. The predicted octanol–water partition coefficient (Wildman–Crippen LogP) is 2.11. The van der Waals surface area contributed by atoms with Gasteiger partial charge in [0.05, 0.1) is 5.69 Å². The maximum atomic E-state index is 11.2.